The van der Waals surface area contributed by atoms with Crippen molar-refractivity contribution in [3.05, 3.63) is 63.9 Å². The molecule has 24 heavy (non-hydrogen) atoms. The van der Waals surface area contributed by atoms with E-state index in [0.29, 0.717) is 6.54 Å². The van der Waals surface area contributed by atoms with Crippen molar-refractivity contribution in [1.29, 1.82) is 0 Å². The Labute approximate surface area is 155 Å². The number of halogens is 1. The monoisotopic (exact) mass is 434 g/mol. The largest absolute Gasteiger partial charge is 0.459 e. The molecule has 1 atom stereocenters. The Morgan fingerprint density at radius 3 is 2.67 bits per heavy atom. The van der Waals surface area contributed by atoms with Crippen LogP contribution in [0.1, 0.15) is 18.7 Å². The van der Waals surface area contributed by atoms with E-state index < -0.39 is 0 Å². The summed E-state index contributed by atoms with van der Waals surface area (Å²) in [7, 11) is 1.92. The third-order valence-corrected chi connectivity index (χ3v) is 5.00. The predicted octanol–water partition coefficient (Wildman–Crippen LogP) is 4.67. The standard InChI is InChI=1S/C19H19IN2O2/c1-13(18-11-14-7-3-6-10-17(14)24-18)22(2)12-19(23)21-16-9-5-4-8-15(16)20/h3-11,13H,12H2,1-2H3,(H,21,23). The topological polar surface area (TPSA) is 45.5 Å². The first kappa shape index (κ1) is 17.0. The van der Waals surface area contributed by atoms with Crippen LogP contribution in [0.5, 0.6) is 0 Å². The van der Waals surface area contributed by atoms with Crippen molar-refractivity contribution < 1.29 is 9.21 Å². The zero-order chi connectivity index (χ0) is 17.1. The van der Waals surface area contributed by atoms with E-state index in [4.69, 9.17) is 4.42 Å². The number of rotatable bonds is 5. The summed E-state index contributed by atoms with van der Waals surface area (Å²) in [6.07, 6.45) is 0. The van der Waals surface area contributed by atoms with Gasteiger partial charge in [-0.15, -0.1) is 0 Å². The number of fused-ring (bicyclic) bond motifs is 1. The summed E-state index contributed by atoms with van der Waals surface area (Å²) >= 11 is 2.21. The quantitative estimate of drug-likeness (QED) is 0.594. The maximum absolute atomic E-state index is 12.3. The third kappa shape index (κ3) is 3.79. The molecule has 1 aromatic heterocycles. The molecule has 0 radical (unpaired) electrons. The normalized spacial score (nSPS) is 12.5. The molecule has 0 aliphatic heterocycles. The summed E-state index contributed by atoms with van der Waals surface area (Å²) in [5.41, 5.74) is 1.71. The van der Waals surface area contributed by atoms with Crippen LogP contribution < -0.4 is 5.32 Å². The molecule has 124 valence electrons. The molecule has 4 nitrogen and oxygen atoms in total. The number of para-hydroxylation sites is 2. The molecule has 3 aromatic rings. The van der Waals surface area contributed by atoms with E-state index in [9.17, 15) is 4.79 Å². The van der Waals surface area contributed by atoms with Crippen LogP contribution in [0, 0.1) is 3.57 Å². The van der Waals surface area contributed by atoms with Crippen LogP contribution >= 0.6 is 22.6 Å². The highest BCUT2D eigenvalue weighted by Crippen LogP contribution is 2.26. The first-order valence-corrected chi connectivity index (χ1v) is 8.85. The number of furan rings is 1. The zero-order valence-electron chi connectivity index (χ0n) is 13.6. The molecule has 1 amide bonds. The minimum Gasteiger partial charge on any atom is -0.459 e. The van der Waals surface area contributed by atoms with Gasteiger partial charge in [-0.25, -0.2) is 0 Å². The Bertz CT molecular complexity index is 826. The van der Waals surface area contributed by atoms with Crippen LogP contribution in [0.2, 0.25) is 0 Å². The van der Waals surface area contributed by atoms with Crippen molar-refractivity contribution in [2.75, 3.05) is 18.9 Å². The van der Waals surface area contributed by atoms with E-state index >= 15 is 0 Å². The van der Waals surface area contributed by atoms with Gasteiger partial charge in [-0.3, -0.25) is 9.69 Å². The van der Waals surface area contributed by atoms with Crippen LogP contribution in [0.3, 0.4) is 0 Å². The Kier molecular flexibility index (Phi) is 5.20. The number of hydrogen-bond acceptors (Lipinski definition) is 3. The first-order chi connectivity index (χ1) is 11.5. The minimum atomic E-state index is -0.0374. The van der Waals surface area contributed by atoms with Gasteiger partial charge in [0.1, 0.15) is 11.3 Å². The molecule has 1 heterocycles. The van der Waals surface area contributed by atoms with Crippen LogP contribution in [0.15, 0.2) is 59.0 Å². The van der Waals surface area contributed by atoms with E-state index in [1.807, 2.05) is 73.5 Å². The second kappa shape index (κ2) is 7.36. The summed E-state index contributed by atoms with van der Waals surface area (Å²) in [5.74, 6) is 0.824. The van der Waals surface area contributed by atoms with Crippen molar-refractivity contribution >= 4 is 45.2 Å². The van der Waals surface area contributed by atoms with Crippen molar-refractivity contribution in [3.8, 4) is 0 Å². The van der Waals surface area contributed by atoms with Crippen molar-refractivity contribution in [2.45, 2.75) is 13.0 Å². The summed E-state index contributed by atoms with van der Waals surface area (Å²) < 4.78 is 6.92. The highest BCUT2D eigenvalue weighted by molar-refractivity contribution is 14.1. The molecular weight excluding hydrogens is 415 g/mol. The fourth-order valence-corrected chi connectivity index (χ4v) is 3.06. The highest BCUT2D eigenvalue weighted by atomic mass is 127. The lowest BCUT2D eigenvalue weighted by atomic mass is 10.2. The first-order valence-electron chi connectivity index (χ1n) is 7.77. The molecule has 3 rings (SSSR count). The second-order valence-electron chi connectivity index (χ2n) is 5.81. The average molecular weight is 434 g/mol. The van der Waals surface area contributed by atoms with E-state index in [0.717, 1.165) is 26.0 Å². The fraction of sp³-hybridized carbons (Fsp3) is 0.211. The van der Waals surface area contributed by atoms with Gasteiger partial charge in [0.05, 0.1) is 18.3 Å². The smallest absolute Gasteiger partial charge is 0.238 e. The lowest BCUT2D eigenvalue weighted by Gasteiger charge is -2.22. The molecule has 0 aliphatic carbocycles. The number of nitrogens with one attached hydrogen (secondary N) is 1. The van der Waals surface area contributed by atoms with Crippen LogP contribution in [-0.2, 0) is 4.79 Å². The average Bonchev–Trinajstić information content (AvgIpc) is 3.00. The number of nitrogens with zero attached hydrogens (tertiary/aromatic N) is 1. The van der Waals surface area contributed by atoms with Gasteiger partial charge in [0.15, 0.2) is 0 Å². The van der Waals surface area contributed by atoms with Gasteiger partial charge in [0.2, 0.25) is 5.91 Å². The zero-order valence-corrected chi connectivity index (χ0v) is 15.8. The van der Waals surface area contributed by atoms with E-state index in [1.165, 1.54) is 0 Å². The van der Waals surface area contributed by atoms with Gasteiger partial charge >= 0.3 is 0 Å². The number of hydrogen-bond donors (Lipinski definition) is 1. The number of anilines is 1. The fourth-order valence-electron chi connectivity index (χ4n) is 2.54. The van der Waals surface area contributed by atoms with Crippen LogP contribution in [0.4, 0.5) is 5.69 Å². The summed E-state index contributed by atoms with van der Waals surface area (Å²) in [6, 6.07) is 17.7. The molecule has 5 heteroatoms. The van der Waals surface area contributed by atoms with Crippen molar-refractivity contribution in [1.82, 2.24) is 4.90 Å². The van der Waals surface area contributed by atoms with Gasteiger partial charge in [-0.1, -0.05) is 30.3 Å². The Morgan fingerprint density at radius 1 is 1.21 bits per heavy atom. The summed E-state index contributed by atoms with van der Waals surface area (Å²) in [6.45, 7) is 2.33. The lowest BCUT2D eigenvalue weighted by Crippen LogP contribution is -2.32. The highest BCUT2D eigenvalue weighted by Gasteiger charge is 2.18. The minimum absolute atomic E-state index is 0.0120. The molecule has 1 unspecified atom stereocenters. The molecule has 0 fully saturated rings. The van der Waals surface area contributed by atoms with Crippen molar-refractivity contribution in [2.24, 2.45) is 0 Å². The third-order valence-electron chi connectivity index (χ3n) is 4.06. The maximum atomic E-state index is 12.3. The Morgan fingerprint density at radius 2 is 1.92 bits per heavy atom. The maximum Gasteiger partial charge on any atom is 0.238 e. The number of carbonyl (C=O) groups excluding carboxylic acids is 1. The summed E-state index contributed by atoms with van der Waals surface area (Å²) in [5, 5.41) is 4.03. The molecular formula is C19H19IN2O2. The second-order valence-corrected chi connectivity index (χ2v) is 6.97. The predicted molar refractivity (Wildman–Crippen MR) is 105 cm³/mol. The SMILES string of the molecule is CC(c1cc2ccccc2o1)N(C)CC(=O)Nc1ccccc1I. The molecule has 2 aromatic carbocycles. The lowest BCUT2D eigenvalue weighted by molar-refractivity contribution is -0.117. The van der Waals surface area contributed by atoms with Crippen LogP contribution in [-0.4, -0.2) is 24.4 Å². The molecule has 1 N–H and O–H groups in total. The van der Waals surface area contributed by atoms with Crippen molar-refractivity contribution in [3.63, 3.8) is 0 Å². The molecule has 0 spiro atoms. The number of likely N-dealkylation sites (N-methyl/N-ethyl adjacent to an activating group) is 1. The van der Waals surface area contributed by atoms with E-state index in [1.54, 1.807) is 0 Å². The van der Waals surface area contributed by atoms with E-state index in [-0.39, 0.29) is 11.9 Å². The Hall–Kier alpha value is -1.86. The number of benzene rings is 2. The Balaban J connectivity index is 1.66. The van der Waals surface area contributed by atoms with Gasteiger partial charge in [-0.2, -0.15) is 0 Å². The van der Waals surface area contributed by atoms with Gasteiger partial charge < -0.3 is 9.73 Å². The van der Waals surface area contributed by atoms with Gasteiger partial charge in [-0.05, 0) is 60.8 Å². The molecule has 0 aliphatic rings. The van der Waals surface area contributed by atoms with Gasteiger partial charge in [0.25, 0.3) is 0 Å². The van der Waals surface area contributed by atoms with E-state index in [2.05, 4.69) is 27.9 Å². The molecule has 0 bridgehead atoms. The number of amides is 1. The van der Waals surface area contributed by atoms with Gasteiger partial charge in [0, 0.05) is 8.96 Å². The van der Waals surface area contributed by atoms with Crippen LogP contribution in [0.25, 0.3) is 11.0 Å². The molecule has 0 saturated carbocycles. The number of carbonyl (C=O) groups is 1. The summed E-state index contributed by atoms with van der Waals surface area (Å²) in [4.78, 5) is 14.3. The molecule has 0 saturated heterocycles.